The first-order chi connectivity index (χ1) is 22.1. The lowest BCUT2D eigenvalue weighted by Crippen LogP contribution is -2.36. The minimum absolute atomic E-state index is 0.0886. The molecule has 47 heavy (non-hydrogen) atoms. The van der Waals surface area contributed by atoms with Gasteiger partial charge in [0, 0.05) is 17.7 Å². The number of sulfone groups is 1. The Hall–Kier alpha value is -4.23. The molecule has 1 atom stereocenters. The Morgan fingerprint density at radius 3 is 2.53 bits per heavy atom. The van der Waals surface area contributed by atoms with E-state index in [0.717, 1.165) is 19.3 Å². The topological polar surface area (TPSA) is 183 Å². The third kappa shape index (κ3) is 9.19. The van der Waals surface area contributed by atoms with Crippen LogP contribution in [-0.2, 0) is 21.1 Å². The van der Waals surface area contributed by atoms with Crippen LogP contribution >= 0.6 is 0 Å². The van der Waals surface area contributed by atoms with Crippen LogP contribution in [0.25, 0.3) is 11.3 Å². The molecule has 4 bridgehead atoms. The van der Waals surface area contributed by atoms with Gasteiger partial charge in [0.15, 0.2) is 21.3 Å². The van der Waals surface area contributed by atoms with E-state index >= 15 is 0 Å². The first-order valence-electron chi connectivity index (χ1n) is 15.8. The third-order valence-corrected chi connectivity index (χ3v) is 10.3. The number of anilines is 2. The molecular formula is C34H45N5O7S. The van der Waals surface area contributed by atoms with Crippen molar-refractivity contribution >= 4 is 33.3 Å². The second kappa shape index (κ2) is 14.7. The predicted molar refractivity (Wildman–Crippen MR) is 180 cm³/mol. The van der Waals surface area contributed by atoms with Gasteiger partial charge in [-0.2, -0.15) is 0 Å². The second-order valence-corrected chi connectivity index (χ2v) is 15.9. The summed E-state index contributed by atoms with van der Waals surface area (Å²) < 4.78 is 37.4. The number of benzene rings is 2. The number of nitrogens with zero attached hydrogens (tertiary/aromatic N) is 2. The number of carbonyl (C=O) groups excluding carboxylic acids is 2. The molecule has 1 unspecified atom stereocenters. The summed E-state index contributed by atoms with van der Waals surface area (Å²) in [5, 5.41) is 16.3. The smallest absolute Gasteiger partial charge is 0.407 e. The largest absolute Gasteiger partial charge is 0.491 e. The van der Waals surface area contributed by atoms with E-state index < -0.39 is 38.3 Å². The zero-order valence-electron chi connectivity index (χ0n) is 27.6. The van der Waals surface area contributed by atoms with E-state index in [1.165, 1.54) is 18.3 Å². The molecule has 0 radical (unpaired) electrons. The van der Waals surface area contributed by atoms with Gasteiger partial charge in [0.05, 0.1) is 39.9 Å². The van der Waals surface area contributed by atoms with Crippen LogP contribution in [0.15, 0.2) is 53.6 Å². The van der Waals surface area contributed by atoms with E-state index in [1.54, 1.807) is 65.0 Å². The highest BCUT2D eigenvalue weighted by atomic mass is 32.2. The summed E-state index contributed by atoms with van der Waals surface area (Å²) in [5.41, 5.74) is 7.11. The average Bonchev–Trinajstić information content (AvgIpc) is 2.99. The number of rotatable bonds is 2. The second-order valence-electron chi connectivity index (χ2n) is 13.3. The number of nitrogens with one attached hydrogen (secondary N) is 2. The maximum absolute atomic E-state index is 13.5. The third-order valence-electron chi connectivity index (χ3n) is 7.78. The number of carbonyl (C=O) groups is 2. The van der Waals surface area contributed by atoms with Crippen molar-refractivity contribution < 1.29 is 32.6 Å². The van der Waals surface area contributed by atoms with E-state index in [2.05, 4.69) is 20.6 Å². The van der Waals surface area contributed by atoms with Gasteiger partial charge in [-0.3, -0.25) is 4.79 Å². The minimum atomic E-state index is -3.78. The minimum Gasteiger partial charge on any atom is -0.491 e. The Kier molecular flexibility index (Phi) is 11.1. The molecule has 2 amide bonds. The number of para-hydroxylation sites is 1. The summed E-state index contributed by atoms with van der Waals surface area (Å²) in [5.74, 6) is -0.331. The number of nitrogen functional groups attached to an aromatic ring is 1. The summed E-state index contributed by atoms with van der Waals surface area (Å²) in [4.78, 5) is 34.7. The van der Waals surface area contributed by atoms with Crippen molar-refractivity contribution in [2.45, 2.75) is 101 Å². The van der Waals surface area contributed by atoms with Crippen molar-refractivity contribution in [1.82, 2.24) is 15.3 Å². The molecule has 2 aromatic carbocycles. The van der Waals surface area contributed by atoms with Gasteiger partial charge in [0.1, 0.15) is 11.4 Å². The molecule has 2 aliphatic rings. The average molecular weight is 668 g/mol. The molecule has 0 aliphatic carbocycles. The van der Waals surface area contributed by atoms with Crippen LogP contribution in [0.4, 0.5) is 16.3 Å². The normalized spacial score (nSPS) is 18.8. The maximum atomic E-state index is 13.5. The first kappa shape index (κ1) is 35.6. The Morgan fingerprint density at radius 1 is 1.13 bits per heavy atom. The SMILES string of the molecule is CC(C)(C)OC(=O)NCc1cccc2c1OCCCCCCC(O)CC(C)(C)S(=O)(=O)c1ccc(cc1)-c1cnc(N)c(n1)C(=O)N2. The Labute approximate surface area is 276 Å². The van der Waals surface area contributed by atoms with Crippen LogP contribution in [-0.4, -0.2) is 58.6 Å². The number of hydrogen-bond acceptors (Lipinski definition) is 10. The number of aliphatic hydroxyl groups is 1. The molecule has 12 nitrogen and oxygen atoms in total. The fourth-order valence-corrected chi connectivity index (χ4v) is 6.82. The van der Waals surface area contributed by atoms with Gasteiger partial charge in [-0.1, -0.05) is 43.5 Å². The molecule has 1 aromatic heterocycles. The van der Waals surface area contributed by atoms with Crippen molar-refractivity contribution in [3.63, 3.8) is 0 Å². The lowest BCUT2D eigenvalue weighted by Gasteiger charge is -2.27. The Morgan fingerprint density at radius 2 is 1.83 bits per heavy atom. The highest BCUT2D eigenvalue weighted by Crippen LogP contribution is 2.33. The van der Waals surface area contributed by atoms with Gasteiger partial charge in [0.2, 0.25) is 0 Å². The van der Waals surface area contributed by atoms with Crippen LogP contribution in [0.1, 0.15) is 89.2 Å². The molecule has 13 heteroatoms. The van der Waals surface area contributed by atoms with Crippen molar-refractivity contribution in [1.29, 1.82) is 0 Å². The highest BCUT2D eigenvalue weighted by molar-refractivity contribution is 7.92. The van der Waals surface area contributed by atoms with Gasteiger partial charge in [-0.25, -0.2) is 23.2 Å². The lowest BCUT2D eigenvalue weighted by molar-refractivity contribution is 0.0523. The van der Waals surface area contributed by atoms with Crippen LogP contribution < -0.4 is 21.1 Å². The Bertz CT molecular complexity index is 1690. The van der Waals surface area contributed by atoms with Gasteiger partial charge >= 0.3 is 6.09 Å². The molecular weight excluding hydrogens is 622 g/mol. The zero-order chi connectivity index (χ0) is 34.4. The molecule has 2 aliphatic heterocycles. The van der Waals surface area contributed by atoms with E-state index in [0.29, 0.717) is 47.7 Å². The summed E-state index contributed by atoms with van der Waals surface area (Å²) in [6, 6.07) is 11.4. The predicted octanol–water partition coefficient (Wildman–Crippen LogP) is 5.65. The molecule has 254 valence electrons. The molecule has 0 fully saturated rings. The molecule has 5 N–H and O–H groups in total. The monoisotopic (exact) mass is 667 g/mol. The fourth-order valence-electron chi connectivity index (χ4n) is 5.27. The highest BCUT2D eigenvalue weighted by Gasteiger charge is 2.37. The number of hydrogen-bond donors (Lipinski definition) is 4. The number of ether oxygens (including phenoxy) is 2. The van der Waals surface area contributed by atoms with E-state index in [9.17, 15) is 23.1 Å². The van der Waals surface area contributed by atoms with Crippen molar-refractivity contribution in [2.75, 3.05) is 17.7 Å². The van der Waals surface area contributed by atoms with Gasteiger partial charge in [-0.15, -0.1) is 0 Å². The number of aliphatic hydroxyl groups excluding tert-OH is 1. The van der Waals surface area contributed by atoms with Gasteiger partial charge < -0.3 is 30.9 Å². The van der Waals surface area contributed by atoms with Crippen molar-refractivity contribution in [3.05, 3.63) is 59.9 Å². The molecule has 0 saturated carbocycles. The molecule has 3 aromatic rings. The van der Waals surface area contributed by atoms with Crippen LogP contribution in [0.5, 0.6) is 5.75 Å². The van der Waals surface area contributed by atoms with Gasteiger partial charge in [0.25, 0.3) is 5.91 Å². The summed E-state index contributed by atoms with van der Waals surface area (Å²) in [6.07, 6.45) is 3.66. The summed E-state index contributed by atoms with van der Waals surface area (Å²) in [7, 11) is -3.78. The van der Waals surface area contributed by atoms with E-state index in [1.807, 2.05) is 0 Å². The van der Waals surface area contributed by atoms with Crippen molar-refractivity contribution in [2.24, 2.45) is 0 Å². The van der Waals surface area contributed by atoms with Crippen LogP contribution in [0.3, 0.4) is 0 Å². The Balaban J connectivity index is 1.68. The summed E-state index contributed by atoms with van der Waals surface area (Å²) in [6.45, 7) is 8.99. The van der Waals surface area contributed by atoms with E-state index in [-0.39, 0.29) is 29.4 Å². The van der Waals surface area contributed by atoms with Gasteiger partial charge in [-0.05, 0) is 72.1 Å². The van der Waals surface area contributed by atoms with Crippen LogP contribution in [0, 0.1) is 0 Å². The number of aromatic nitrogens is 2. The molecule has 0 spiro atoms. The maximum Gasteiger partial charge on any atom is 0.407 e. The number of fused-ring (bicyclic) bond motifs is 13. The standard InChI is InChI=1S/C34H45N5O7S/c1-33(2,3)46-32(42)37-20-23-11-10-13-26-29(23)45-18-9-7-6-8-12-24(40)19-34(4,5)47(43,44)25-16-14-22(15-17-25)27-21-36-30(35)28(38-27)31(41)39-26/h10-11,13-17,21,24,40H,6-9,12,18-20H2,1-5H3,(H2,35,36)(H,37,42)(H,39,41). The number of alkyl carbamates (subject to hydrolysis) is 1. The first-order valence-corrected chi connectivity index (χ1v) is 17.2. The molecule has 5 rings (SSSR count). The quantitative estimate of drug-likeness (QED) is 0.266. The van der Waals surface area contributed by atoms with E-state index in [4.69, 9.17) is 15.2 Å². The lowest BCUT2D eigenvalue weighted by atomic mass is 10.00. The zero-order valence-corrected chi connectivity index (χ0v) is 28.4. The molecule has 0 saturated heterocycles. The van der Waals surface area contributed by atoms with Crippen molar-refractivity contribution in [3.8, 4) is 17.0 Å². The summed E-state index contributed by atoms with van der Waals surface area (Å²) >= 11 is 0. The molecule has 3 heterocycles. The fraction of sp³-hybridized carbons (Fsp3) is 0.471. The van der Waals surface area contributed by atoms with Crippen LogP contribution in [0.2, 0.25) is 0 Å². The number of nitrogens with two attached hydrogens (primary N) is 1. The number of amides is 2.